The van der Waals surface area contributed by atoms with Crippen molar-refractivity contribution in [2.45, 2.75) is 32.7 Å². The number of nitrogens with zero attached hydrogens (tertiary/aromatic N) is 2. The molecule has 108 valence electrons. The lowest BCUT2D eigenvalue weighted by Gasteiger charge is -2.05. The standard InChI is InChI=1S/C14H17ClIN3S/c1-9(2)17-7-3-4-13-18-19-14(20-13)11-8-10(15)5-6-12(11)16/h5-6,8-9,17H,3-4,7H2,1-2H3. The van der Waals surface area contributed by atoms with Gasteiger partial charge >= 0.3 is 0 Å². The monoisotopic (exact) mass is 421 g/mol. The summed E-state index contributed by atoms with van der Waals surface area (Å²) < 4.78 is 1.15. The van der Waals surface area contributed by atoms with Crippen molar-refractivity contribution in [2.75, 3.05) is 6.54 Å². The van der Waals surface area contributed by atoms with E-state index >= 15 is 0 Å². The lowest BCUT2D eigenvalue weighted by Crippen LogP contribution is -2.23. The largest absolute Gasteiger partial charge is 0.315 e. The predicted octanol–water partition coefficient (Wildman–Crippen LogP) is 4.39. The SMILES string of the molecule is CC(C)NCCCc1nnc(-c2cc(Cl)ccc2I)s1. The number of hydrogen-bond donors (Lipinski definition) is 1. The number of benzene rings is 1. The van der Waals surface area contributed by atoms with Gasteiger partial charge in [-0.2, -0.15) is 0 Å². The zero-order valence-electron chi connectivity index (χ0n) is 11.5. The number of aryl methyl sites for hydroxylation is 1. The minimum Gasteiger partial charge on any atom is -0.315 e. The highest BCUT2D eigenvalue weighted by atomic mass is 127. The maximum Gasteiger partial charge on any atom is 0.148 e. The van der Waals surface area contributed by atoms with Crippen LogP contribution in [0.3, 0.4) is 0 Å². The van der Waals surface area contributed by atoms with Gasteiger partial charge in [0.05, 0.1) is 0 Å². The molecular weight excluding hydrogens is 405 g/mol. The molecule has 1 aromatic heterocycles. The summed E-state index contributed by atoms with van der Waals surface area (Å²) in [5.41, 5.74) is 1.07. The topological polar surface area (TPSA) is 37.8 Å². The van der Waals surface area contributed by atoms with Gasteiger partial charge < -0.3 is 5.32 Å². The van der Waals surface area contributed by atoms with Crippen LogP contribution in [0.5, 0.6) is 0 Å². The Morgan fingerprint density at radius 3 is 2.90 bits per heavy atom. The van der Waals surface area contributed by atoms with Crippen LogP contribution in [0.2, 0.25) is 5.02 Å². The van der Waals surface area contributed by atoms with Crippen LogP contribution in [-0.2, 0) is 6.42 Å². The Kier molecular flexibility index (Phi) is 6.20. The van der Waals surface area contributed by atoms with E-state index in [4.69, 9.17) is 11.6 Å². The van der Waals surface area contributed by atoms with Gasteiger partial charge in [0.25, 0.3) is 0 Å². The summed E-state index contributed by atoms with van der Waals surface area (Å²) in [5.74, 6) is 0. The molecule has 2 aromatic rings. The van der Waals surface area contributed by atoms with E-state index in [2.05, 4.69) is 52.0 Å². The van der Waals surface area contributed by atoms with Crippen LogP contribution in [-0.4, -0.2) is 22.8 Å². The summed E-state index contributed by atoms with van der Waals surface area (Å²) >= 11 is 10.0. The fourth-order valence-electron chi connectivity index (χ4n) is 1.76. The lowest BCUT2D eigenvalue weighted by molar-refractivity contribution is 0.569. The molecule has 0 amide bonds. The van der Waals surface area contributed by atoms with Crippen LogP contribution in [0.25, 0.3) is 10.6 Å². The van der Waals surface area contributed by atoms with Gasteiger partial charge in [-0.25, -0.2) is 0 Å². The van der Waals surface area contributed by atoms with E-state index in [1.807, 2.05) is 18.2 Å². The fraction of sp³-hybridized carbons (Fsp3) is 0.429. The van der Waals surface area contributed by atoms with Gasteiger partial charge in [-0.15, -0.1) is 10.2 Å². The Morgan fingerprint density at radius 2 is 2.15 bits per heavy atom. The average molecular weight is 422 g/mol. The summed E-state index contributed by atoms with van der Waals surface area (Å²) in [5, 5.41) is 14.7. The van der Waals surface area contributed by atoms with Crippen molar-refractivity contribution >= 4 is 45.5 Å². The predicted molar refractivity (Wildman–Crippen MR) is 94.5 cm³/mol. The molecule has 0 saturated carbocycles. The van der Waals surface area contributed by atoms with E-state index in [0.29, 0.717) is 6.04 Å². The van der Waals surface area contributed by atoms with E-state index in [1.54, 1.807) is 11.3 Å². The second-order valence-electron chi connectivity index (χ2n) is 4.84. The first-order valence-corrected chi connectivity index (χ1v) is 8.85. The van der Waals surface area contributed by atoms with Crippen LogP contribution in [0, 0.1) is 3.57 Å². The highest BCUT2D eigenvalue weighted by molar-refractivity contribution is 14.1. The molecule has 0 aliphatic heterocycles. The van der Waals surface area contributed by atoms with Crippen LogP contribution in [0.1, 0.15) is 25.3 Å². The molecule has 0 radical (unpaired) electrons. The molecule has 0 saturated heterocycles. The minimum absolute atomic E-state index is 0.535. The van der Waals surface area contributed by atoms with Crippen molar-refractivity contribution in [1.29, 1.82) is 0 Å². The number of rotatable bonds is 6. The van der Waals surface area contributed by atoms with E-state index in [-0.39, 0.29) is 0 Å². The van der Waals surface area contributed by atoms with Gasteiger partial charge in [-0.3, -0.25) is 0 Å². The molecule has 1 heterocycles. The van der Waals surface area contributed by atoms with Crippen molar-refractivity contribution in [1.82, 2.24) is 15.5 Å². The Hall–Kier alpha value is -0.240. The van der Waals surface area contributed by atoms with Gasteiger partial charge in [0.2, 0.25) is 0 Å². The van der Waals surface area contributed by atoms with Crippen LogP contribution in [0.4, 0.5) is 0 Å². The van der Waals surface area contributed by atoms with Gasteiger partial charge in [0.1, 0.15) is 10.0 Å². The summed E-state index contributed by atoms with van der Waals surface area (Å²) in [6, 6.07) is 6.39. The maximum absolute atomic E-state index is 6.05. The first kappa shape index (κ1) is 16.1. The van der Waals surface area contributed by atoms with Crippen molar-refractivity contribution in [3.05, 3.63) is 31.8 Å². The van der Waals surface area contributed by atoms with Crippen molar-refractivity contribution in [3.63, 3.8) is 0 Å². The van der Waals surface area contributed by atoms with Crippen molar-refractivity contribution < 1.29 is 0 Å². The first-order valence-electron chi connectivity index (χ1n) is 6.57. The highest BCUT2D eigenvalue weighted by Gasteiger charge is 2.10. The molecule has 0 unspecified atom stereocenters. The Morgan fingerprint density at radius 1 is 1.35 bits per heavy atom. The molecule has 3 nitrogen and oxygen atoms in total. The van der Waals surface area contributed by atoms with E-state index in [0.717, 1.165) is 43.6 Å². The fourth-order valence-corrected chi connectivity index (χ4v) is 3.61. The number of aromatic nitrogens is 2. The summed E-state index contributed by atoms with van der Waals surface area (Å²) in [6.07, 6.45) is 2.05. The highest BCUT2D eigenvalue weighted by Crippen LogP contribution is 2.30. The molecule has 0 atom stereocenters. The van der Waals surface area contributed by atoms with Gasteiger partial charge in [0.15, 0.2) is 0 Å². The molecular formula is C14H17ClIN3S. The summed E-state index contributed by atoms with van der Waals surface area (Å²) in [6.45, 7) is 5.33. The third-order valence-corrected chi connectivity index (χ3v) is 4.94. The summed E-state index contributed by atoms with van der Waals surface area (Å²) in [4.78, 5) is 0. The quantitative estimate of drug-likeness (QED) is 0.555. The molecule has 6 heteroatoms. The van der Waals surface area contributed by atoms with Crippen LogP contribution >= 0.6 is 45.5 Å². The van der Waals surface area contributed by atoms with Gasteiger partial charge in [-0.05, 0) is 53.8 Å². The second-order valence-corrected chi connectivity index (χ2v) is 7.50. The smallest absolute Gasteiger partial charge is 0.148 e. The zero-order chi connectivity index (χ0) is 14.5. The van der Waals surface area contributed by atoms with E-state index in [1.165, 1.54) is 0 Å². The maximum atomic E-state index is 6.05. The Labute approximate surface area is 142 Å². The lowest BCUT2D eigenvalue weighted by atomic mass is 10.2. The third kappa shape index (κ3) is 4.65. The molecule has 0 spiro atoms. The van der Waals surface area contributed by atoms with E-state index < -0.39 is 0 Å². The molecule has 0 aliphatic carbocycles. The Balaban J connectivity index is 2.00. The number of hydrogen-bond acceptors (Lipinski definition) is 4. The van der Waals surface area contributed by atoms with Crippen molar-refractivity contribution in [2.24, 2.45) is 0 Å². The van der Waals surface area contributed by atoms with Gasteiger partial charge in [-0.1, -0.05) is 36.8 Å². The second kappa shape index (κ2) is 7.68. The molecule has 0 bridgehead atoms. The molecule has 0 fully saturated rings. The normalized spacial score (nSPS) is 11.2. The average Bonchev–Trinajstić information content (AvgIpc) is 2.86. The van der Waals surface area contributed by atoms with Crippen molar-refractivity contribution in [3.8, 4) is 10.6 Å². The summed E-state index contributed by atoms with van der Waals surface area (Å²) in [7, 11) is 0. The zero-order valence-corrected chi connectivity index (χ0v) is 15.2. The third-order valence-electron chi connectivity index (χ3n) is 2.75. The molecule has 1 N–H and O–H groups in total. The van der Waals surface area contributed by atoms with Crippen LogP contribution < -0.4 is 5.32 Å². The Bertz CT molecular complexity index is 571. The van der Waals surface area contributed by atoms with Gasteiger partial charge in [0, 0.05) is 26.6 Å². The minimum atomic E-state index is 0.535. The molecule has 20 heavy (non-hydrogen) atoms. The van der Waals surface area contributed by atoms with Crippen LogP contribution in [0.15, 0.2) is 18.2 Å². The number of halogens is 2. The molecule has 1 aromatic carbocycles. The van der Waals surface area contributed by atoms with E-state index in [9.17, 15) is 0 Å². The molecule has 2 rings (SSSR count). The first-order chi connectivity index (χ1) is 9.56. The number of nitrogens with one attached hydrogen (secondary N) is 1. The molecule has 0 aliphatic rings.